The second-order valence-corrected chi connectivity index (χ2v) is 9.53. The Bertz CT molecular complexity index is 1330. The second kappa shape index (κ2) is 11.4. The van der Waals surface area contributed by atoms with Gasteiger partial charge in [0.25, 0.3) is 5.91 Å². The van der Waals surface area contributed by atoms with Crippen LogP contribution in [-0.4, -0.2) is 11.8 Å². The standard InChI is InChI=1S/C27H19Cl2FN2O2S/c28-18-6-15-23(24(29)16-18)26(33)31-21-11-13-22(14-12-21)35-25(17-4-2-1-3-5-17)27(34)32-20-9-7-19(30)8-10-20/h1-16,25H,(H,31,33)(H,32,34). The van der Waals surface area contributed by atoms with Crippen LogP contribution in [0.15, 0.2) is 102 Å². The summed E-state index contributed by atoms with van der Waals surface area (Å²) in [6.45, 7) is 0. The van der Waals surface area contributed by atoms with Crippen molar-refractivity contribution in [1.29, 1.82) is 0 Å². The average molecular weight is 525 g/mol. The van der Waals surface area contributed by atoms with Gasteiger partial charge in [-0.05, 0) is 72.3 Å². The number of hydrogen-bond acceptors (Lipinski definition) is 3. The molecule has 0 aliphatic carbocycles. The monoisotopic (exact) mass is 524 g/mol. The van der Waals surface area contributed by atoms with Gasteiger partial charge in [0, 0.05) is 21.3 Å². The lowest BCUT2D eigenvalue weighted by molar-refractivity contribution is -0.115. The summed E-state index contributed by atoms with van der Waals surface area (Å²) >= 11 is 13.4. The van der Waals surface area contributed by atoms with Gasteiger partial charge in [0.1, 0.15) is 11.1 Å². The molecule has 4 aromatic rings. The van der Waals surface area contributed by atoms with E-state index in [1.54, 1.807) is 24.3 Å². The van der Waals surface area contributed by atoms with Crippen LogP contribution in [-0.2, 0) is 4.79 Å². The highest BCUT2D eigenvalue weighted by Crippen LogP contribution is 2.37. The van der Waals surface area contributed by atoms with Gasteiger partial charge in [0.05, 0.1) is 10.6 Å². The van der Waals surface area contributed by atoms with Crippen molar-refractivity contribution in [1.82, 2.24) is 0 Å². The van der Waals surface area contributed by atoms with E-state index in [0.29, 0.717) is 22.0 Å². The van der Waals surface area contributed by atoms with E-state index in [2.05, 4.69) is 10.6 Å². The lowest BCUT2D eigenvalue weighted by atomic mass is 10.1. The zero-order valence-electron chi connectivity index (χ0n) is 18.2. The number of hydrogen-bond donors (Lipinski definition) is 2. The largest absolute Gasteiger partial charge is 0.325 e. The number of amides is 2. The van der Waals surface area contributed by atoms with E-state index in [1.807, 2.05) is 42.5 Å². The van der Waals surface area contributed by atoms with Crippen molar-refractivity contribution in [2.45, 2.75) is 10.1 Å². The topological polar surface area (TPSA) is 58.2 Å². The zero-order valence-corrected chi connectivity index (χ0v) is 20.5. The van der Waals surface area contributed by atoms with Gasteiger partial charge in [-0.3, -0.25) is 9.59 Å². The van der Waals surface area contributed by atoms with E-state index in [4.69, 9.17) is 23.2 Å². The van der Waals surface area contributed by atoms with Crippen LogP contribution in [0.1, 0.15) is 21.2 Å². The van der Waals surface area contributed by atoms with Crippen LogP contribution in [0, 0.1) is 5.82 Å². The minimum absolute atomic E-state index is 0.234. The molecule has 176 valence electrons. The van der Waals surface area contributed by atoms with Crippen molar-refractivity contribution in [2.75, 3.05) is 10.6 Å². The van der Waals surface area contributed by atoms with E-state index in [-0.39, 0.29) is 22.7 Å². The van der Waals surface area contributed by atoms with Crippen molar-refractivity contribution in [3.63, 3.8) is 0 Å². The second-order valence-electron chi connectivity index (χ2n) is 7.51. The van der Waals surface area contributed by atoms with Gasteiger partial charge in [0.2, 0.25) is 5.91 Å². The first kappa shape index (κ1) is 24.8. The Balaban J connectivity index is 1.48. The van der Waals surface area contributed by atoms with Crippen molar-refractivity contribution in [3.05, 3.63) is 124 Å². The van der Waals surface area contributed by atoms with Gasteiger partial charge in [-0.2, -0.15) is 0 Å². The number of benzene rings is 4. The van der Waals surface area contributed by atoms with E-state index >= 15 is 0 Å². The average Bonchev–Trinajstić information content (AvgIpc) is 2.85. The lowest BCUT2D eigenvalue weighted by Crippen LogP contribution is -2.19. The molecule has 0 fully saturated rings. The number of rotatable bonds is 7. The highest BCUT2D eigenvalue weighted by Gasteiger charge is 2.22. The molecule has 0 radical (unpaired) electrons. The molecule has 0 heterocycles. The van der Waals surface area contributed by atoms with Crippen molar-refractivity contribution >= 4 is 58.2 Å². The van der Waals surface area contributed by atoms with E-state index in [9.17, 15) is 14.0 Å². The fraction of sp³-hybridized carbons (Fsp3) is 0.0370. The maximum absolute atomic E-state index is 13.2. The van der Waals surface area contributed by atoms with Crippen LogP contribution in [0.25, 0.3) is 0 Å². The van der Waals surface area contributed by atoms with Gasteiger partial charge in [-0.1, -0.05) is 53.5 Å². The third-order valence-electron chi connectivity index (χ3n) is 4.99. The molecule has 8 heteroatoms. The number of carbonyl (C=O) groups is 2. The van der Waals surface area contributed by atoms with Gasteiger partial charge in [-0.25, -0.2) is 4.39 Å². The summed E-state index contributed by atoms with van der Waals surface area (Å²) in [5.74, 6) is -0.960. The van der Waals surface area contributed by atoms with Crippen LogP contribution in [0.4, 0.5) is 15.8 Å². The summed E-state index contributed by atoms with van der Waals surface area (Å²) in [6.07, 6.45) is 0. The number of carbonyl (C=O) groups excluding carboxylic acids is 2. The highest BCUT2D eigenvalue weighted by atomic mass is 35.5. The molecule has 1 atom stereocenters. The van der Waals surface area contributed by atoms with Crippen molar-refractivity contribution in [3.8, 4) is 0 Å². The lowest BCUT2D eigenvalue weighted by Gasteiger charge is -2.17. The predicted octanol–water partition coefficient (Wildman–Crippen LogP) is 7.86. The van der Waals surface area contributed by atoms with Crippen LogP contribution in [0.3, 0.4) is 0 Å². The first-order valence-electron chi connectivity index (χ1n) is 10.5. The maximum atomic E-state index is 13.2. The molecule has 0 aliphatic rings. The molecule has 4 aromatic carbocycles. The van der Waals surface area contributed by atoms with E-state index < -0.39 is 5.25 Å². The van der Waals surface area contributed by atoms with Gasteiger partial charge < -0.3 is 10.6 Å². The first-order chi connectivity index (χ1) is 16.9. The van der Waals surface area contributed by atoms with Crippen LogP contribution in [0.5, 0.6) is 0 Å². The molecule has 0 saturated carbocycles. The zero-order chi connectivity index (χ0) is 24.8. The summed E-state index contributed by atoms with van der Waals surface area (Å²) in [7, 11) is 0. The molecule has 0 bridgehead atoms. The van der Waals surface area contributed by atoms with E-state index in [1.165, 1.54) is 42.1 Å². The molecule has 0 aliphatic heterocycles. The Labute approximate surface area is 216 Å². The molecule has 2 amide bonds. The predicted molar refractivity (Wildman–Crippen MR) is 141 cm³/mol. The summed E-state index contributed by atoms with van der Waals surface area (Å²) in [5.41, 5.74) is 2.23. The molecule has 2 N–H and O–H groups in total. The van der Waals surface area contributed by atoms with E-state index in [0.717, 1.165) is 10.5 Å². The summed E-state index contributed by atoms with van der Waals surface area (Å²) in [5, 5.41) is 5.82. The number of thioether (sulfide) groups is 1. The van der Waals surface area contributed by atoms with Gasteiger partial charge >= 0.3 is 0 Å². The Morgan fingerprint density at radius 3 is 2.06 bits per heavy atom. The van der Waals surface area contributed by atoms with Gasteiger partial charge in [-0.15, -0.1) is 11.8 Å². The van der Waals surface area contributed by atoms with Crippen LogP contribution < -0.4 is 10.6 Å². The van der Waals surface area contributed by atoms with Crippen molar-refractivity contribution in [2.24, 2.45) is 0 Å². The quantitative estimate of drug-likeness (QED) is 0.242. The Hall–Kier alpha value is -3.32. The van der Waals surface area contributed by atoms with Crippen LogP contribution >= 0.6 is 35.0 Å². The Kier molecular flexibility index (Phi) is 8.08. The Morgan fingerprint density at radius 1 is 0.771 bits per heavy atom. The summed E-state index contributed by atoms with van der Waals surface area (Å²) < 4.78 is 13.2. The smallest absolute Gasteiger partial charge is 0.257 e. The first-order valence-corrected chi connectivity index (χ1v) is 12.2. The number of nitrogens with one attached hydrogen (secondary N) is 2. The molecule has 4 rings (SSSR count). The molecule has 0 aromatic heterocycles. The highest BCUT2D eigenvalue weighted by molar-refractivity contribution is 8.00. The maximum Gasteiger partial charge on any atom is 0.257 e. The van der Waals surface area contributed by atoms with Crippen molar-refractivity contribution < 1.29 is 14.0 Å². The molecule has 4 nitrogen and oxygen atoms in total. The Morgan fingerprint density at radius 2 is 1.40 bits per heavy atom. The third kappa shape index (κ3) is 6.63. The summed E-state index contributed by atoms with van der Waals surface area (Å²) in [4.78, 5) is 26.5. The normalized spacial score (nSPS) is 11.5. The minimum atomic E-state index is -0.547. The minimum Gasteiger partial charge on any atom is -0.325 e. The van der Waals surface area contributed by atoms with Crippen LogP contribution in [0.2, 0.25) is 10.0 Å². The summed E-state index contributed by atoms with van der Waals surface area (Å²) in [6, 6.07) is 26.8. The number of halogens is 3. The molecular weight excluding hydrogens is 506 g/mol. The SMILES string of the molecule is O=C(Nc1ccc(SC(C(=O)Nc2ccc(F)cc2)c2ccccc2)cc1)c1ccc(Cl)cc1Cl. The molecule has 0 spiro atoms. The molecule has 35 heavy (non-hydrogen) atoms. The number of anilines is 2. The fourth-order valence-electron chi connectivity index (χ4n) is 3.27. The molecular formula is C27H19Cl2FN2O2S. The van der Waals surface area contributed by atoms with Gasteiger partial charge in [0.15, 0.2) is 0 Å². The third-order valence-corrected chi connectivity index (χ3v) is 6.81. The molecule has 1 unspecified atom stereocenters. The molecule has 0 saturated heterocycles. The fourth-order valence-corrected chi connectivity index (χ4v) is 4.79.